The molecule has 0 aliphatic rings. The molecule has 6 nitrogen and oxygen atoms in total. The normalized spacial score (nSPS) is 9.67. The number of hydrogen-bond donors (Lipinski definition) is 2. The van der Waals surface area contributed by atoms with Crippen LogP contribution in [0.1, 0.15) is 10.4 Å². The van der Waals surface area contributed by atoms with Crippen LogP contribution in [-0.4, -0.2) is 28.6 Å². The third-order valence-electron chi connectivity index (χ3n) is 1.33. The van der Waals surface area contributed by atoms with Crippen LogP contribution in [0, 0.1) is 5.82 Å². The number of rotatable bonds is 4. The molecule has 0 aliphatic carbocycles. The maximum Gasteiger partial charge on any atom is 0.332 e. The lowest BCUT2D eigenvalue weighted by atomic mass is 10.3. The van der Waals surface area contributed by atoms with Gasteiger partial charge in [-0.15, -0.1) is 0 Å². The Labute approximate surface area is 83.6 Å². The Hall–Kier alpha value is -2.02. The molecule has 0 saturated heterocycles. The molecule has 0 radical (unpaired) electrons. The number of aliphatic carboxylic acids is 1. The molecule has 0 atom stereocenters. The molecule has 0 fully saturated rings. The van der Waals surface area contributed by atoms with E-state index in [1.165, 1.54) is 0 Å². The summed E-state index contributed by atoms with van der Waals surface area (Å²) in [6, 6.07) is 0.951. The Morgan fingerprint density at radius 3 is 2.87 bits per heavy atom. The number of aromatic nitrogens is 1. The average Bonchev–Trinajstić information content (AvgIpc) is 2.17. The number of carboxylic acid groups (broad SMARTS) is 1. The second-order valence-electron chi connectivity index (χ2n) is 2.51. The minimum Gasteiger partial charge on any atom is -0.479 e. The molecule has 1 aromatic rings. The van der Waals surface area contributed by atoms with Crippen molar-refractivity contribution in [1.82, 2.24) is 10.5 Å². The number of pyridine rings is 1. The summed E-state index contributed by atoms with van der Waals surface area (Å²) in [5, 5.41) is 8.19. The van der Waals surface area contributed by atoms with E-state index in [2.05, 4.69) is 9.82 Å². The standard InChI is InChI=1S/C8H7FN2O4/c9-6-1-5(2-10-3-6)8(14)11-15-4-7(12)13/h1-3H,4H2,(H,11,14)(H,12,13). The zero-order chi connectivity index (χ0) is 11.3. The summed E-state index contributed by atoms with van der Waals surface area (Å²) in [7, 11) is 0. The van der Waals surface area contributed by atoms with Gasteiger partial charge < -0.3 is 5.11 Å². The highest BCUT2D eigenvalue weighted by molar-refractivity contribution is 5.93. The summed E-state index contributed by atoms with van der Waals surface area (Å²) in [4.78, 5) is 28.9. The van der Waals surface area contributed by atoms with Gasteiger partial charge in [-0.3, -0.25) is 14.6 Å². The molecule has 1 aromatic heterocycles. The molecule has 0 unspecified atom stereocenters. The van der Waals surface area contributed by atoms with Crippen molar-refractivity contribution in [3.05, 3.63) is 29.8 Å². The molecule has 2 N–H and O–H groups in total. The van der Waals surface area contributed by atoms with Gasteiger partial charge in [0.15, 0.2) is 6.61 Å². The molecule has 0 spiro atoms. The first-order valence-electron chi connectivity index (χ1n) is 3.84. The molecular weight excluding hydrogens is 207 g/mol. The largest absolute Gasteiger partial charge is 0.479 e. The Balaban J connectivity index is 2.50. The van der Waals surface area contributed by atoms with Crippen LogP contribution in [0.15, 0.2) is 18.5 Å². The van der Waals surface area contributed by atoms with Gasteiger partial charge in [0.25, 0.3) is 5.91 Å². The highest BCUT2D eigenvalue weighted by Crippen LogP contribution is 2.00. The van der Waals surface area contributed by atoms with E-state index in [-0.39, 0.29) is 5.56 Å². The summed E-state index contributed by atoms with van der Waals surface area (Å²) in [5.74, 6) is -2.66. The van der Waals surface area contributed by atoms with Crippen LogP contribution in [0.5, 0.6) is 0 Å². The third kappa shape index (κ3) is 3.69. The second-order valence-corrected chi connectivity index (χ2v) is 2.51. The SMILES string of the molecule is O=C(O)CONC(=O)c1cncc(F)c1. The molecule has 7 heteroatoms. The van der Waals surface area contributed by atoms with Gasteiger partial charge in [0, 0.05) is 6.20 Å². The van der Waals surface area contributed by atoms with Crippen LogP contribution in [0.25, 0.3) is 0 Å². The Kier molecular flexibility index (Phi) is 3.69. The van der Waals surface area contributed by atoms with Crippen LogP contribution < -0.4 is 5.48 Å². The van der Waals surface area contributed by atoms with Crippen molar-refractivity contribution >= 4 is 11.9 Å². The zero-order valence-electron chi connectivity index (χ0n) is 7.44. The predicted octanol–water partition coefficient (Wildman–Crippen LogP) is -0.0333. The number of carbonyl (C=O) groups is 2. The van der Waals surface area contributed by atoms with Gasteiger partial charge in [-0.2, -0.15) is 0 Å². The minimum atomic E-state index is -1.23. The predicted molar refractivity (Wildman–Crippen MR) is 45.2 cm³/mol. The molecular formula is C8H7FN2O4. The van der Waals surface area contributed by atoms with Crippen LogP contribution >= 0.6 is 0 Å². The lowest BCUT2D eigenvalue weighted by Crippen LogP contribution is -2.26. The first kappa shape index (κ1) is 11.1. The van der Waals surface area contributed by atoms with Crippen LogP contribution in [-0.2, 0) is 9.63 Å². The molecule has 15 heavy (non-hydrogen) atoms. The molecule has 1 amide bonds. The number of hydroxylamine groups is 1. The highest BCUT2D eigenvalue weighted by atomic mass is 19.1. The lowest BCUT2D eigenvalue weighted by Gasteiger charge is -2.02. The van der Waals surface area contributed by atoms with Crippen LogP contribution in [0.3, 0.4) is 0 Å². The van der Waals surface area contributed by atoms with Gasteiger partial charge in [0.05, 0.1) is 11.8 Å². The third-order valence-corrected chi connectivity index (χ3v) is 1.33. The van der Waals surface area contributed by atoms with E-state index in [1.807, 2.05) is 5.48 Å². The number of carbonyl (C=O) groups excluding carboxylic acids is 1. The Morgan fingerprint density at radius 2 is 2.27 bits per heavy atom. The maximum absolute atomic E-state index is 12.6. The molecule has 0 saturated carbocycles. The lowest BCUT2D eigenvalue weighted by molar-refractivity contribution is -0.144. The van der Waals surface area contributed by atoms with Crippen LogP contribution in [0.4, 0.5) is 4.39 Å². The van der Waals surface area contributed by atoms with E-state index in [0.717, 1.165) is 18.5 Å². The number of nitrogens with one attached hydrogen (secondary N) is 1. The van der Waals surface area contributed by atoms with Crippen molar-refractivity contribution in [3.63, 3.8) is 0 Å². The second kappa shape index (κ2) is 5.01. The van der Waals surface area contributed by atoms with Crippen molar-refractivity contribution in [2.75, 3.05) is 6.61 Å². The topological polar surface area (TPSA) is 88.5 Å². The van der Waals surface area contributed by atoms with Crippen LogP contribution in [0.2, 0.25) is 0 Å². The monoisotopic (exact) mass is 214 g/mol. The highest BCUT2D eigenvalue weighted by Gasteiger charge is 2.07. The molecule has 1 rings (SSSR count). The van der Waals surface area contributed by atoms with Gasteiger partial charge in [-0.1, -0.05) is 0 Å². The first-order valence-corrected chi connectivity index (χ1v) is 3.84. The fourth-order valence-corrected chi connectivity index (χ4v) is 0.758. The summed E-state index contributed by atoms with van der Waals surface area (Å²) in [6.07, 6.45) is 2.07. The van der Waals surface area contributed by atoms with E-state index in [9.17, 15) is 14.0 Å². The molecule has 0 aliphatic heterocycles. The summed E-state index contributed by atoms with van der Waals surface area (Å²) >= 11 is 0. The van der Waals surface area contributed by atoms with Crippen molar-refractivity contribution in [1.29, 1.82) is 0 Å². The molecule has 80 valence electrons. The number of halogens is 1. The zero-order valence-corrected chi connectivity index (χ0v) is 7.44. The minimum absolute atomic E-state index is 0.0552. The van der Waals surface area contributed by atoms with Gasteiger partial charge in [0.1, 0.15) is 5.82 Å². The molecule has 0 aromatic carbocycles. The fourth-order valence-electron chi connectivity index (χ4n) is 0.758. The Morgan fingerprint density at radius 1 is 1.53 bits per heavy atom. The van der Waals surface area contributed by atoms with Crippen molar-refractivity contribution in [2.24, 2.45) is 0 Å². The van der Waals surface area contributed by atoms with Gasteiger partial charge >= 0.3 is 5.97 Å². The van der Waals surface area contributed by atoms with Crippen molar-refractivity contribution in [3.8, 4) is 0 Å². The number of hydrogen-bond acceptors (Lipinski definition) is 4. The Bertz CT molecular complexity index is 383. The first-order chi connectivity index (χ1) is 7.09. The fraction of sp³-hybridized carbons (Fsp3) is 0.125. The van der Waals surface area contributed by atoms with E-state index < -0.39 is 24.3 Å². The van der Waals surface area contributed by atoms with Gasteiger partial charge in [-0.25, -0.2) is 14.7 Å². The average molecular weight is 214 g/mol. The molecule has 1 heterocycles. The van der Waals surface area contributed by atoms with Crippen molar-refractivity contribution in [2.45, 2.75) is 0 Å². The van der Waals surface area contributed by atoms with Gasteiger partial charge in [-0.05, 0) is 6.07 Å². The van der Waals surface area contributed by atoms with Crippen molar-refractivity contribution < 1.29 is 23.9 Å². The number of nitrogens with zero attached hydrogens (tertiary/aromatic N) is 1. The number of carboxylic acids is 1. The van der Waals surface area contributed by atoms with E-state index in [4.69, 9.17) is 5.11 Å². The summed E-state index contributed by atoms with van der Waals surface area (Å²) in [6.45, 7) is -0.672. The van der Waals surface area contributed by atoms with E-state index >= 15 is 0 Å². The smallest absolute Gasteiger partial charge is 0.332 e. The van der Waals surface area contributed by atoms with E-state index in [0.29, 0.717) is 0 Å². The summed E-state index contributed by atoms with van der Waals surface area (Å²) < 4.78 is 12.6. The number of amides is 1. The quantitative estimate of drug-likeness (QED) is 0.687. The maximum atomic E-state index is 12.6. The van der Waals surface area contributed by atoms with Gasteiger partial charge in [0.2, 0.25) is 0 Å². The molecule has 0 bridgehead atoms. The van der Waals surface area contributed by atoms with E-state index in [1.54, 1.807) is 0 Å². The summed E-state index contributed by atoms with van der Waals surface area (Å²) in [5.41, 5.74) is 1.78.